The Hall–Kier alpha value is -2.09. The number of rotatable bonds is 11. The van der Waals surface area contributed by atoms with Gasteiger partial charge in [0, 0.05) is 6.42 Å². The molecule has 2 aromatic carbocycles. The number of ether oxygens (including phenoxy) is 1. The van der Waals surface area contributed by atoms with Gasteiger partial charge in [-0.25, -0.2) is 0 Å². The summed E-state index contributed by atoms with van der Waals surface area (Å²) in [5.41, 5.74) is 5.21. The first kappa shape index (κ1) is 20.2. The second-order valence-corrected chi connectivity index (χ2v) is 6.86. The molecule has 0 unspecified atom stereocenters. The summed E-state index contributed by atoms with van der Waals surface area (Å²) in [5, 5.41) is 0. The van der Waals surface area contributed by atoms with Crippen molar-refractivity contribution in [1.82, 2.24) is 0 Å². The van der Waals surface area contributed by atoms with Crippen molar-refractivity contribution in [3.8, 4) is 11.1 Å². The molecule has 2 rings (SSSR count). The molecule has 0 aliphatic carbocycles. The fourth-order valence-electron chi connectivity index (χ4n) is 3.15. The summed E-state index contributed by atoms with van der Waals surface area (Å²) in [6.45, 7) is 4.56. The monoisotopic (exact) mass is 352 g/mol. The van der Waals surface area contributed by atoms with Gasteiger partial charge in [0.25, 0.3) is 0 Å². The van der Waals surface area contributed by atoms with Gasteiger partial charge < -0.3 is 4.74 Å². The highest BCUT2D eigenvalue weighted by Gasteiger charge is 2.03. The standard InChI is InChI=1S/C24H32O2/c1-3-5-6-7-9-20-12-16-22(17-13-20)23-18-14-21(15-19-23)10-8-11-24(25)26-4-2/h12-19H,3-11H2,1-2H3. The highest BCUT2D eigenvalue weighted by Crippen LogP contribution is 2.21. The Kier molecular flexibility index (Phi) is 8.95. The van der Waals surface area contributed by atoms with Gasteiger partial charge in [0.2, 0.25) is 0 Å². The maximum Gasteiger partial charge on any atom is 0.305 e. The maximum absolute atomic E-state index is 11.4. The van der Waals surface area contributed by atoms with E-state index in [0.29, 0.717) is 13.0 Å². The first-order valence-electron chi connectivity index (χ1n) is 10.1. The molecular weight excluding hydrogens is 320 g/mol. The van der Waals surface area contributed by atoms with Crippen LogP contribution < -0.4 is 0 Å². The molecule has 0 radical (unpaired) electrons. The number of hydrogen-bond donors (Lipinski definition) is 0. The largest absolute Gasteiger partial charge is 0.466 e. The number of hydrogen-bond acceptors (Lipinski definition) is 2. The average Bonchev–Trinajstić information content (AvgIpc) is 2.67. The number of carbonyl (C=O) groups excluding carboxylic acids is 1. The van der Waals surface area contributed by atoms with Crippen LogP contribution in [-0.2, 0) is 22.4 Å². The first-order valence-corrected chi connectivity index (χ1v) is 10.1. The Morgan fingerprint density at radius 3 is 1.77 bits per heavy atom. The summed E-state index contributed by atoms with van der Waals surface area (Å²) in [5.74, 6) is -0.0982. The van der Waals surface area contributed by atoms with Gasteiger partial charge >= 0.3 is 5.97 Å². The number of aryl methyl sites for hydroxylation is 2. The molecule has 0 saturated heterocycles. The van der Waals surface area contributed by atoms with Crippen LogP contribution in [-0.4, -0.2) is 12.6 Å². The Labute approximate surface area is 158 Å². The van der Waals surface area contributed by atoms with Gasteiger partial charge in [-0.1, -0.05) is 74.7 Å². The zero-order chi connectivity index (χ0) is 18.6. The second kappa shape index (κ2) is 11.5. The van der Waals surface area contributed by atoms with Crippen molar-refractivity contribution in [2.45, 2.75) is 65.2 Å². The Balaban J connectivity index is 1.82. The number of carbonyl (C=O) groups is 1. The first-order chi connectivity index (χ1) is 12.7. The van der Waals surface area contributed by atoms with Crippen molar-refractivity contribution in [1.29, 1.82) is 0 Å². The third kappa shape index (κ3) is 7.03. The van der Waals surface area contributed by atoms with E-state index in [1.807, 2.05) is 6.92 Å². The van der Waals surface area contributed by atoms with Crippen LogP contribution in [0.2, 0.25) is 0 Å². The smallest absolute Gasteiger partial charge is 0.305 e. The van der Waals surface area contributed by atoms with Crippen LogP contribution in [0, 0.1) is 0 Å². The average molecular weight is 353 g/mol. The molecule has 0 amide bonds. The summed E-state index contributed by atoms with van der Waals surface area (Å²) < 4.78 is 4.96. The zero-order valence-electron chi connectivity index (χ0n) is 16.3. The van der Waals surface area contributed by atoms with Gasteiger partial charge in [0.15, 0.2) is 0 Å². The van der Waals surface area contributed by atoms with E-state index < -0.39 is 0 Å². The van der Waals surface area contributed by atoms with E-state index in [1.54, 1.807) is 0 Å². The third-order valence-corrected chi connectivity index (χ3v) is 4.71. The van der Waals surface area contributed by atoms with E-state index in [9.17, 15) is 4.79 Å². The minimum Gasteiger partial charge on any atom is -0.466 e. The van der Waals surface area contributed by atoms with Crippen molar-refractivity contribution < 1.29 is 9.53 Å². The van der Waals surface area contributed by atoms with E-state index in [-0.39, 0.29) is 5.97 Å². The normalized spacial score (nSPS) is 10.7. The lowest BCUT2D eigenvalue weighted by Crippen LogP contribution is -2.03. The number of esters is 1. The summed E-state index contributed by atoms with van der Waals surface area (Å²) >= 11 is 0. The molecule has 0 aliphatic heterocycles. The minimum absolute atomic E-state index is 0.0982. The van der Waals surface area contributed by atoms with Gasteiger partial charge in [-0.3, -0.25) is 4.79 Å². The third-order valence-electron chi connectivity index (χ3n) is 4.71. The molecule has 0 spiro atoms. The number of benzene rings is 2. The summed E-state index contributed by atoms with van der Waals surface area (Å²) in [6, 6.07) is 17.7. The molecule has 140 valence electrons. The van der Waals surface area contributed by atoms with Crippen molar-refractivity contribution in [2.24, 2.45) is 0 Å². The van der Waals surface area contributed by atoms with Gasteiger partial charge in [-0.05, 0) is 54.9 Å². The predicted octanol–water partition coefficient (Wildman–Crippen LogP) is 6.36. The van der Waals surface area contributed by atoms with Crippen LogP contribution in [0.4, 0.5) is 0 Å². The Bertz CT molecular complexity index is 641. The Morgan fingerprint density at radius 1 is 0.731 bits per heavy atom. The quantitative estimate of drug-likeness (QED) is 0.347. The van der Waals surface area contributed by atoms with Gasteiger partial charge in [-0.2, -0.15) is 0 Å². The second-order valence-electron chi connectivity index (χ2n) is 6.86. The van der Waals surface area contributed by atoms with Crippen LogP contribution in [0.15, 0.2) is 48.5 Å². The molecule has 2 aromatic rings. The molecule has 0 aliphatic rings. The van der Waals surface area contributed by atoms with Crippen molar-refractivity contribution in [2.75, 3.05) is 6.61 Å². The van der Waals surface area contributed by atoms with Crippen LogP contribution in [0.5, 0.6) is 0 Å². The summed E-state index contributed by atoms with van der Waals surface area (Å²) in [4.78, 5) is 11.4. The van der Waals surface area contributed by atoms with Crippen molar-refractivity contribution >= 4 is 5.97 Å². The lowest BCUT2D eigenvalue weighted by atomic mass is 9.99. The fourth-order valence-corrected chi connectivity index (χ4v) is 3.15. The number of unbranched alkanes of at least 4 members (excludes halogenated alkanes) is 3. The molecular formula is C24H32O2. The molecule has 26 heavy (non-hydrogen) atoms. The molecule has 0 saturated carbocycles. The molecule has 0 bridgehead atoms. The topological polar surface area (TPSA) is 26.3 Å². The lowest BCUT2D eigenvalue weighted by molar-refractivity contribution is -0.143. The van der Waals surface area contributed by atoms with E-state index >= 15 is 0 Å². The molecule has 2 heteroatoms. The van der Waals surface area contributed by atoms with Crippen LogP contribution in [0.25, 0.3) is 11.1 Å². The predicted molar refractivity (Wildman–Crippen MR) is 109 cm³/mol. The van der Waals surface area contributed by atoms with E-state index in [0.717, 1.165) is 12.8 Å². The molecule has 0 fully saturated rings. The minimum atomic E-state index is -0.0982. The van der Waals surface area contributed by atoms with Gasteiger partial charge in [-0.15, -0.1) is 0 Å². The van der Waals surface area contributed by atoms with Crippen LogP contribution in [0.1, 0.15) is 63.5 Å². The SMILES string of the molecule is CCCCCCc1ccc(-c2ccc(CCCC(=O)OCC)cc2)cc1. The highest BCUT2D eigenvalue weighted by atomic mass is 16.5. The molecule has 0 atom stereocenters. The lowest BCUT2D eigenvalue weighted by Gasteiger charge is -2.07. The van der Waals surface area contributed by atoms with E-state index in [2.05, 4.69) is 55.5 Å². The fraction of sp³-hybridized carbons (Fsp3) is 0.458. The molecule has 0 aromatic heterocycles. The summed E-state index contributed by atoms with van der Waals surface area (Å²) in [6.07, 6.45) is 8.67. The van der Waals surface area contributed by atoms with Crippen molar-refractivity contribution in [3.63, 3.8) is 0 Å². The molecule has 2 nitrogen and oxygen atoms in total. The summed E-state index contributed by atoms with van der Waals surface area (Å²) in [7, 11) is 0. The molecule has 0 N–H and O–H groups in total. The Morgan fingerprint density at radius 2 is 1.27 bits per heavy atom. The van der Waals surface area contributed by atoms with Crippen molar-refractivity contribution in [3.05, 3.63) is 59.7 Å². The highest BCUT2D eigenvalue weighted by molar-refractivity contribution is 5.69. The van der Waals surface area contributed by atoms with E-state index in [4.69, 9.17) is 4.74 Å². The van der Waals surface area contributed by atoms with Gasteiger partial charge in [0.1, 0.15) is 0 Å². The maximum atomic E-state index is 11.4. The zero-order valence-corrected chi connectivity index (χ0v) is 16.3. The molecule has 0 heterocycles. The van der Waals surface area contributed by atoms with Crippen LogP contribution >= 0.6 is 0 Å². The van der Waals surface area contributed by atoms with E-state index in [1.165, 1.54) is 54.4 Å². The van der Waals surface area contributed by atoms with Gasteiger partial charge in [0.05, 0.1) is 6.61 Å². The van der Waals surface area contributed by atoms with Crippen LogP contribution in [0.3, 0.4) is 0 Å².